The number of rotatable bonds is 1. The third kappa shape index (κ3) is 3.48. The van der Waals surface area contributed by atoms with E-state index in [9.17, 15) is 9.59 Å². The molecule has 0 bridgehead atoms. The van der Waals surface area contributed by atoms with E-state index in [1.54, 1.807) is 16.9 Å². The molecule has 0 spiro atoms. The lowest BCUT2D eigenvalue weighted by Crippen LogP contribution is -2.49. The smallest absolute Gasteiger partial charge is 0.330 e. The van der Waals surface area contributed by atoms with Gasteiger partial charge < -0.3 is 9.74 Å². The molecule has 1 amide bonds. The summed E-state index contributed by atoms with van der Waals surface area (Å²) in [5, 5.41) is 1.63. The van der Waals surface area contributed by atoms with E-state index in [0.29, 0.717) is 26.2 Å². The molecule has 16 heavy (non-hydrogen) atoms. The van der Waals surface area contributed by atoms with Gasteiger partial charge in [0.25, 0.3) is 0 Å². The summed E-state index contributed by atoms with van der Waals surface area (Å²) in [6.07, 6.45) is 0. The van der Waals surface area contributed by atoms with E-state index in [1.165, 1.54) is 0 Å². The number of hydroxylamine groups is 2. The first-order valence-electron chi connectivity index (χ1n) is 5.53. The summed E-state index contributed by atoms with van der Waals surface area (Å²) in [7, 11) is 0. The molecule has 1 aliphatic rings. The monoisotopic (exact) mass is 228 g/mol. The zero-order valence-electron chi connectivity index (χ0n) is 10.4. The van der Waals surface area contributed by atoms with Crippen LogP contribution in [0.4, 0.5) is 0 Å². The van der Waals surface area contributed by atoms with Crippen molar-refractivity contribution in [2.24, 2.45) is 5.41 Å². The average molecular weight is 228 g/mol. The van der Waals surface area contributed by atoms with Gasteiger partial charge >= 0.3 is 5.97 Å². The van der Waals surface area contributed by atoms with Crippen molar-refractivity contribution in [1.29, 1.82) is 0 Å². The maximum absolute atomic E-state index is 11.6. The molecule has 1 fully saturated rings. The Bertz CT molecular complexity index is 275. The average Bonchev–Trinajstić information content (AvgIpc) is 2.17. The molecule has 0 saturated carbocycles. The van der Waals surface area contributed by atoms with Crippen LogP contribution in [0.5, 0.6) is 0 Å². The number of hydrogen-bond acceptors (Lipinski definition) is 4. The van der Waals surface area contributed by atoms with Crippen LogP contribution >= 0.6 is 0 Å². The molecule has 1 heterocycles. The number of amides is 1. The molecular formula is C11H20N2O3. The predicted octanol–water partition coefficient (Wildman–Crippen LogP) is 0.655. The number of carbonyl (C=O) groups excluding carboxylic acids is 2. The molecule has 1 saturated heterocycles. The highest BCUT2D eigenvalue weighted by molar-refractivity contribution is 5.75. The van der Waals surface area contributed by atoms with Crippen LogP contribution in [0.25, 0.3) is 0 Å². The lowest BCUT2D eigenvalue weighted by Gasteiger charge is -2.33. The van der Waals surface area contributed by atoms with E-state index in [4.69, 9.17) is 4.84 Å². The number of carbonyl (C=O) groups is 2. The lowest BCUT2D eigenvalue weighted by atomic mass is 9.98. The van der Waals surface area contributed by atoms with Gasteiger partial charge in [-0.1, -0.05) is 0 Å². The molecule has 0 aromatic rings. The topological polar surface area (TPSA) is 49.9 Å². The molecule has 0 atom stereocenters. The van der Waals surface area contributed by atoms with Crippen molar-refractivity contribution in [3.05, 3.63) is 0 Å². The van der Waals surface area contributed by atoms with Crippen molar-refractivity contribution in [3.8, 4) is 0 Å². The summed E-state index contributed by atoms with van der Waals surface area (Å²) in [4.78, 5) is 29.7. The van der Waals surface area contributed by atoms with Crippen molar-refractivity contribution >= 4 is 11.9 Å². The second-order valence-corrected chi connectivity index (χ2v) is 5.06. The van der Waals surface area contributed by atoms with Crippen LogP contribution in [0.2, 0.25) is 0 Å². The zero-order valence-corrected chi connectivity index (χ0v) is 10.4. The Morgan fingerprint density at radius 3 is 1.94 bits per heavy atom. The normalized spacial score (nSPS) is 18.4. The van der Waals surface area contributed by atoms with Gasteiger partial charge in [-0.2, -0.15) is 0 Å². The van der Waals surface area contributed by atoms with Gasteiger partial charge in [-0.3, -0.25) is 4.79 Å². The molecule has 0 N–H and O–H groups in total. The second-order valence-electron chi connectivity index (χ2n) is 5.06. The standard InChI is InChI=1S/C11H20N2O3/c1-9(14)12-5-7-13(8-6-12)16-10(15)11(2,3)4/h5-8H2,1-4H3. The third-order valence-electron chi connectivity index (χ3n) is 2.51. The van der Waals surface area contributed by atoms with Gasteiger partial charge in [0.15, 0.2) is 0 Å². The summed E-state index contributed by atoms with van der Waals surface area (Å²) in [5.74, 6) is -0.162. The highest BCUT2D eigenvalue weighted by Crippen LogP contribution is 2.16. The van der Waals surface area contributed by atoms with Crippen molar-refractivity contribution in [2.45, 2.75) is 27.7 Å². The molecule has 92 valence electrons. The Labute approximate surface area is 96.3 Å². The summed E-state index contributed by atoms with van der Waals surface area (Å²) in [6.45, 7) is 9.42. The SMILES string of the molecule is CC(=O)N1CCN(OC(=O)C(C)(C)C)CC1. The fraction of sp³-hybridized carbons (Fsp3) is 0.818. The zero-order chi connectivity index (χ0) is 12.3. The van der Waals surface area contributed by atoms with Gasteiger partial charge in [0.1, 0.15) is 0 Å². The van der Waals surface area contributed by atoms with Gasteiger partial charge in [-0.25, -0.2) is 4.79 Å². The van der Waals surface area contributed by atoms with Crippen molar-refractivity contribution in [2.75, 3.05) is 26.2 Å². The van der Waals surface area contributed by atoms with Crippen LogP contribution in [0, 0.1) is 5.41 Å². The largest absolute Gasteiger partial charge is 0.367 e. The quantitative estimate of drug-likeness (QED) is 0.661. The van der Waals surface area contributed by atoms with Crippen molar-refractivity contribution in [1.82, 2.24) is 9.96 Å². The maximum Gasteiger partial charge on any atom is 0.330 e. The van der Waals surface area contributed by atoms with Crippen LogP contribution in [0.3, 0.4) is 0 Å². The van der Waals surface area contributed by atoms with Crippen LogP contribution in [-0.4, -0.2) is 48.0 Å². The predicted molar refractivity (Wildman–Crippen MR) is 59.4 cm³/mol. The molecule has 0 radical (unpaired) electrons. The van der Waals surface area contributed by atoms with E-state index < -0.39 is 5.41 Å². The maximum atomic E-state index is 11.6. The summed E-state index contributed by atoms with van der Waals surface area (Å²) >= 11 is 0. The molecule has 5 nitrogen and oxygen atoms in total. The molecule has 0 aliphatic carbocycles. The fourth-order valence-electron chi connectivity index (χ4n) is 1.35. The Hall–Kier alpha value is -1.10. The highest BCUT2D eigenvalue weighted by atomic mass is 16.7. The molecule has 0 unspecified atom stereocenters. The van der Waals surface area contributed by atoms with Crippen molar-refractivity contribution in [3.63, 3.8) is 0 Å². The minimum Gasteiger partial charge on any atom is -0.367 e. The van der Waals surface area contributed by atoms with Gasteiger partial charge in [0.05, 0.1) is 18.5 Å². The van der Waals surface area contributed by atoms with Gasteiger partial charge in [0, 0.05) is 20.0 Å². The third-order valence-corrected chi connectivity index (χ3v) is 2.51. The Morgan fingerprint density at radius 1 is 1.06 bits per heavy atom. The second kappa shape index (κ2) is 4.82. The molecule has 5 heteroatoms. The highest BCUT2D eigenvalue weighted by Gasteiger charge is 2.28. The number of hydrogen-bond donors (Lipinski definition) is 0. The van der Waals surface area contributed by atoms with Crippen LogP contribution in [0.15, 0.2) is 0 Å². The summed E-state index contributed by atoms with van der Waals surface area (Å²) < 4.78 is 0. The first-order valence-corrected chi connectivity index (χ1v) is 5.53. The van der Waals surface area contributed by atoms with Gasteiger partial charge in [0.2, 0.25) is 5.91 Å². The van der Waals surface area contributed by atoms with Gasteiger partial charge in [-0.15, -0.1) is 5.06 Å². The fourth-order valence-corrected chi connectivity index (χ4v) is 1.35. The number of nitrogens with zero attached hydrogens (tertiary/aromatic N) is 2. The van der Waals surface area contributed by atoms with Gasteiger partial charge in [-0.05, 0) is 20.8 Å². The molecule has 0 aromatic heterocycles. The first kappa shape index (κ1) is 13.0. The number of piperazine rings is 1. The van der Waals surface area contributed by atoms with Crippen molar-refractivity contribution < 1.29 is 14.4 Å². The summed E-state index contributed by atoms with van der Waals surface area (Å²) in [6, 6.07) is 0. The lowest BCUT2D eigenvalue weighted by molar-refractivity contribution is -0.206. The van der Waals surface area contributed by atoms with Crippen LogP contribution < -0.4 is 0 Å². The minimum atomic E-state index is -0.488. The van der Waals surface area contributed by atoms with E-state index in [1.807, 2.05) is 20.8 Å². The van der Waals surface area contributed by atoms with E-state index >= 15 is 0 Å². The molecular weight excluding hydrogens is 208 g/mol. The Morgan fingerprint density at radius 2 is 1.56 bits per heavy atom. The molecule has 1 aliphatic heterocycles. The first-order chi connectivity index (χ1) is 7.30. The van der Waals surface area contributed by atoms with E-state index in [2.05, 4.69) is 0 Å². The molecule has 0 aromatic carbocycles. The minimum absolute atomic E-state index is 0.0711. The van der Waals surface area contributed by atoms with Crippen LogP contribution in [0.1, 0.15) is 27.7 Å². The summed E-state index contributed by atoms with van der Waals surface area (Å²) in [5.41, 5.74) is -0.488. The molecule has 1 rings (SSSR count). The Kier molecular flexibility index (Phi) is 3.91. The van der Waals surface area contributed by atoms with Crippen LogP contribution in [-0.2, 0) is 14.4 Å². The Balaban J connectivity index is 2.38. The van der Waals surface area contributed by atoms with E-state index in [0.717, 1.165) is 0 Å². The van der Waals surface area contributed by atoms with E-state index in [-0.39, 0.29) is 11.9 Å².